The average Bonchev–Trinajstić information content (AvgIpc) is 2.38. The van der Waals surface area contributed by atoms with E-state index in [1.165, 1.54) is 32.1 Å². The normalized spacial score (nSPS) is 14.7. The summed E-state index contributed by atoms with van der Waals surface area (Å²) in [7, 11) is 3.99. The first-order valence-electron chi connectivity index (χ1n) is 8.07. The number of unbranched alkanes of at least 4 members (excludes halogenated alkanes) is 4. The molecule has 0 saturated carbocycles. The number of nitrogens with one attached hydrogen (secondary N) is 1. The minimum Gasteiger partial charge on any atom is -0.347 e. The fraction of sp³-hybridized carbons (Fsp3) is 0.824. The van der Waals surface area contributed by atoms with Crippen LogP contribution in [0.5, 0.6) is 0 Å². The zero-order chi connectivity index (χ0) is 15.4. The van der Waals surface area contributed by atoms with Crippen LogP contribution in [-0.2, 0) is 4.79 Å². The second-order valence-corrected chi connectivity index (χ2v) is 6.23. The van der Waals surface area contributed by atoms with Crippen LogP contribution in [0, 0.1) is 0 Å². The molecule has 0 rings (SSSR count). The summed E-state index contributed by atoms with van der Waals surface area (Å²) < 4.78 is 0. The molecule has 0 unspecified atom stereocenters. The third-order valence-electron chi connectivity index (χ3n) is 3.78. The van der Waals surface area contributed by atoms with Crippen molar-refractivity contribution in [1.29, 1.82) is 0 Å². The number of carbonyl (C=O) groups is 1. The van der Waals surface area contributed by atoms with Gasteiger partial charge in [0.1, 0.15) is 0 Å². The van der Waals surface area contributed by atoms with Crippen molar-refractivity contribution in [2.45, 2.75) is 71.3 Å². The monoisotopic (exact) mass is 282 g/mol. The van der Waals surface area contributed by atoms with Crippen molar-refractivity contribution >= 4 is 5.91 Å². The molecule has 0 aliphatic rings. The largest absolute Gasteiger partial charge is 0.347 e. The zero-order valence-electron chi connectivity index (χ0n) is 14.2. The maximum absolute atomic E-state index is 11.9. The molecule has 0 aromatic heterocycles. The average molecular weight is 282 g/mol. The standard InChI is InChI=1S/C17H34N2O/c1-6-8-9-10-11-14-17(3,7-2)18-16(20)13-12-15-19(4)5/h12-13H,6-11,14-15H2,1-5H3,(H,18,20)/b13-12+/t17-/m1/s1. The Morgan fingerprint density at radius 3 is 2.35 bits per heavy atom. The molecule has 1 N–H and O–H groups in total. The second kappa shape index (κ2) is 10.9. The predicted octanol–water partition coefficient (Wildman–Crippen LogP) is 3.75. The van der Waals surface area contributed by atoms with Gasteiger partial charge in [0.2, 0.25) is 5.91 Å². The van der Waals surface area contributed by atoms with E-state index in [2.05, 4.69) is 26.1 Å². The number of rotatable bonds is 11. The predicted molar refractivity (Wildman–Crippen MR) is 87.9 cm³/mol. The maximum Gasteiger partial charge on any atom is 0.244 e. The third kappa shape index (κ3) is 10.0. The Morgan fingerprint density at radius 2 is 1.80 bits per heavy atom. The highest BCUT2D eigenvalue weighted by Gasteiger charge is 2.22. The van der Waals surface area contributed by atoms with Crippen molar-refractivity contribution in [3.05, 3.63) is 12.2 Å². The van der Waals surface area contributed by atoms with Crippen LogP contribution < -0.4 is 5.32 Å². The van der Waals surface area contributed by atoms with Gasteiger partial charge in [-0.25, -0.2) is 0 Å². The highest BCUT2D eigenvalue weighted by atomic mass is 16.1. The van der Waals surface area contributed by atoms with Gasteiger partial charge in [-0.15, -0.1) is 0 Å². The van der Waals surface area contributed by atoms with E-state index in [1.54, 1.807) is 6.08 Å². The SMILES string of the molecule is CCCCCCC[C@@](C)(CC)NC(=O)/C=C/CN(C)C. The first-order valence-corrected chi connectivity index (χ1v) is 8.07. The smallest absolute Gasteiger partial charge is 0.244 e. The van der Waals surface area contributed by atoms with Gasteiger partial charge in [-0.05, 0) is 33.9 Å². The van der Waals surface area contributed by atoms with Crippen LogP contribution in [-0.4, -0.2) is 37.0 Å². The fourth-order valence-corrected chi connectivity index (χ4v) is 2.16. The molecule has 3 heteroatoms. The molecule has 0 radical (unpaired) electrons. The highest BCUT2D eigenvalue weighted by Crippen LogP contribution is 2.19. The highest BCUT2D eigenvalue weighted by molar-refractivity contribution is 5.88. The van der Waals surface area contributed by atoms with Crippen LogP contribution >= 0.6 is 0 Å². The van der Waals surface area contributed by atoms with E-state index in [-0.39, 0.29) is 11.4 Å². The van der Waals surface area contributed by atoms with Crippen molar-refractivity contribution in [1.82, 2.24) is 10.2 Å². The number of nitrogens with zero attached hydrogens (tertiary/aromatic N) is 1. The Bertz CT molecular complexity index is 287. The lowest BCUT2D eigenvalue weighted by atomic mass is 9.91. The summed E-state index contributed by atoms with van der Waals surface area (Å²) in [5, 5.41) is 3.16. The fourth-order valence-electron chi connectivity index (χ4n) is 2.16. The molecule has 0 spiro atoms. The molecule has 20 heavy (non-hydrogen) atoms. The van der Waals surface area contributed by atoms with Crippen molar-refractivity contribution in [2.75, 3.05) is 20.6 Å². The molecule has 1 amide bonds. The first-order chi connectivity index (χ1) is 9.43. The Labute approximate surface area is 125 Å². The van der Waals surface area contributed by atoms with Crippen LogP contribution in [0.1, 0.15) is 65.7 Å². The number of hydrogen-bond acceptors (Lipinski definition) is 2. The number of likely N-dealkylation sites (N-methyl/N-ethyl adjacent to an activating group) is 1. The van der Waals surface area contributed by atoms with Crippen LogP contribution in [0.3, 0.4) is 0 Å². The molecule has 0 aromatic carbocycles. The molecule has 0 aliphatic carbocycles. The Hall–Kier alpha value is -0.830. The van der Waals surface area contributed by atoms with Crippen molar-refractivity contribution in [3.8, 4) is 0 Å². The molecule has 1 atom stereocenters. The lowest BCUT2D eigenvalue weighted by Crippen LogP contribution is -2.44. The van der Waals surface area contributed by atoms with Crippen molar-refractivity contribution in [2.24, 2.45) is 0 Å². The summed E-state index contributed by atoms with van der Waals surface area (Å²) in [5.74, 6) is 0.0322. The molecule has 0 aliphatic heterocycles. The van der Waals surface area contributed by atoms with E-state index in [9.17, 15) is 4.79 Å². The van der Waals surface area contributed by atoms with Gasteiger partial charge in [-0.3, -0.25) is 4.79 Å². The minimum atomic E-state index is -0.0637. The van der Waals surface area contributed by atoms with E-state index in [0.717, 1.165) is 19.4 Å². The molecule has 0 heterocycles. The van der Waals surface area contributed by atoms with Gasteiger partial charge in [-0.1, -0.05) is 52.0 Å². The lowest BCUT2D eigenvalue weighted by molar-refractivity contribution is -0.118. The molecular weight excluding hydrogens is 248 g/mol. The van der Waals surface area contributed by atoms with E-state index in [1.807, 2.05) is 25.1 Å². The third-order valence-corrected chi connectivity index (χ3v) is 3.78. The number of carbonyl (C=O) groups excluding carboxylic acids is 1. The van der Waals surface area contributed by atoms with Crippen LogP contribution in [0.2, 0.25) is 0 Å². The number of hydrogen-bond donors (Lipinski definition) is 1. The van der Waals surface area contributed by atoms with Gasteiger partial charge >= 0.3 is 0 Å². The summed E-state index contributed by atoms with van der Waals surface area (Å²) in [4.78, 5) is 14.0. The second-order valence-electron chi connectivity index (χ2n) is 6.23. The van der Waals surface area contributed by atoms with Crippen LogP contribution in [0.4, 0.5) is 0 Å². The van der Waals surface area contributed by atoms with E-state index in [4.69, 9.17) is 0 Å². The van der Waals surface area contributed by atoms with Gasteiger partial charge in [-0.2, -0.15) is 0 Å². The number of amides is 1. The molecule has 118 valence electrons. The summed E-state index contributed by atoms with van der Waals surface area (Å²) >= 11 is 0. The Kier molecular flexibility index (Phi) is 10.4. The summed E-state index contributed by atoms with van der Waals surface area (Å²) in [5.41, 5.74) is -0.0637. The Balaban J connectivity index is 4.08. The van der Waals surface area contributed by atoms with Crippen LogP contribution in [0.25, 0.3) is 0 Å². The topological polar surface area (TPSA) is 32.3 Å². The maximum atomic E-state index is 11.9. The molecule has 0 aromatic rings. The van der Waals surface area contributed by atoms with Gasteiger partial charge in [0.25, 0.3) is 0 Å². The zero-order valence-corrected chi connectivity index (χ0v) is 14.2. The van der Waals surface area contributed by atoms with E-state index >= 15 is 0 Å². The van der Waals surface area contributed by atoms with E-state index in [0.29, 0.717) is 0 Å². The van der Waals surface area contributed by atoms with Crippen LogP contribution in [0.15, 0.2) is 12.2 Å². The van der Waals surface area contributed by atoms with Gasteiger partial charge in [0, 0.05) is 18.2 Å². The minimum absolute atomic E-state index is 0.0322. The molecular formula is C17H34N2O. The van der Waals surface area contributed by atoms with Gasteiger partial charge in [0.15, 0.2) is 0 Å². The lowest BCUT2D eigenvalue weighted by Gasteiger charge is -2.29. The first kappa shape index (κ1) is 19.2. The quantitative estimate of drug-likeness (QED) is 0.462. The van der Waals surface area contributed by atoms with Gasteiger partial charge in [0.05, 0.1) is 0 Å². The van der Waals surface area contributed by atoms with Gasteiger partial charge < -0.3 is 10.2 Å². The van der Waals surface area contributed by atoms with E-state index < -0.39 is 0 Å². The molecule has 0 fully saturated rings. The Morgan fingerprint density at radius 1 is 1.15 bits per heavy atom. The van der Waals surface area contributed by atoms with Crippen molar-refractivity contribution in [3.63, 3.8) is 0 Å². The summed E-state index contributed by atoms with van der Waals surface area (Å²) in [6.45, 7) is 7.34. The molecule has 0 bridgehead atoms. The molecule has 3 nitrogen and oxygen atoms in total. The molecule has 0 saturated heterocycles. The summed E-state index contributed by atoms with van der Waals surface area (Å²) in [6.07, 6.45) is 12.0. The summed E-state index contributed by atoms with van der Waals surface area (Å²) in [6, 6.07) is 0. The van der Waals surface area contributed by atoms with Crippen molar-refractivity contribution < 1.29 is 4.79 Å².